The van der Waals surface area contributed by atoms with E-state index >= 15 is 0 Å². The molecule has 1 aromatic rings. The largest absolute Gasteiger partial charge is 0.376 e. The summed E-state index contributed by atoms with van der Waals surface area (Å²) in [5, 5.41) is 5.69. The third-order valence-electron chi connectivity index (χ3n) is 2.40. The number of hydrogen-bond donors (Lipinski definition) is 3. The van der Waals surface area contributed by atoms with E-state index in [0.29, 0.717) is 12.2 Å². The van der Waals surface area contributed by atoms with Gasteiger partial charge in [-0.1, -0.05) is 6.92 Å². The molecular formula is C13H21N3O3S. The minimum Gasteiger partial charge on any atom is -0.376 e. The number of anilines is 1. The van der Waals surface area contributed by atoms with Gasteiger partial charge in [0.15, 0.2) is 0 Å². The second-order valence-electron chi connectivity index (χ2n) is 4.60. The lowest BCUT2D eigenvalue weighted by Crippen LogP contribution is -2.34. The van der Waals surface area contributed by atoms with Crippen molar-refractivity contribution in [2.45, 2.75) is 31.7 Å². The first-order chi connectivity index (χ1) is 9.35. The number of carbonyl (C=O) groups is 1. The summed E-state index contributed by atoms with van der Waals surface area (Å²) in [7, 11) is -3.43. The van der Waals surface area contributed by atoms with Gasteiger partial charge in [-0.25, -0.2) is 13.1 Å². The Balaban J connectivity index is 2.61. The van der Waals surface area contributed by atoms with Gasteiger partial charge in [0.2, 0.25) is 15.9 Å². The van der Waals surface area contributed by atoms with Crippen molar-refractivity contribution in [3.63, 3.8) is 0 Å². The SMILES string of the molecule is CCNS(=O)(=O)c1ccc(NCC(=O)NC(C)C)cc1. The molecule has 20 heavy (non-hydrogen) atoms. The zero-order valence-corrected chi connectivity index (χ0v) is 12.8. The predicted molar refractivity (Wildman–Crippen MR) is 79.1 cm³/mol. The second kappa shape index (κ2) is 7.25. The Hall–Kier alpha value is -1.60. The van der Waals surface area contributed by atoms with Crippen molar-refractivity contribution in [3.8, 4) is 0 Å². The Kier molecular flexibility index (Phi) is 5.97. The Labute approximate surface area is 120 Å². The lowest BCUT2D eigenvalue weighted by molar-refractivity contribution is -0.119. The topological polar surface area (TPSA) is 87.3 Å². The first kappa shape index (κ1) is 16.5. The minimum absolute atomic E-state index is 0.0944. The van der Waals surface area contributed by atoms with Gasteiger partial charge < -0.3 is 10.6 Å². The molecule has 112 valence electrons. The van der Waals surface area contributed by atoms with Crippen LogP contribution in [0.4, 0.5) is 5.69 Å². The number of carbonyl (C=O) groups excluding carboxylic acids is 1. The van der Waals surface area contributed by atoms with Crippen LogP contribution < -0.4 is 15.4 Å². The van der Waals surface area contributed by atoms with Gasteiger partial charge in [-0.05, 0) is 38.1 Å². The van der Waals surface area contributed by atoms with E-state index in [2.05, 4.69) is 15.4 Å². The van der Waals surface area contributed by atoms with Crippen LogP contribution in [0.1, 0.15) is 20.8 Å². The molecule has 0 heterocycles. The monoisotopic (exact) mass is 299 g/mol. The highest BCUT2D eigenvalue weighted by Crippen LogP contribution is 2.13. The van der Waals surface area contributed by atoms with E-state index in [1.165, 1.54) is 12.1 Å². The molecule has 0 aliphatic carbocycles. The number of benzene rings is 1. The van der Waals surface area contributed by atoms with Gasteiger partial charge in [-0.2, -0.15) is 0 Å². The quantitative estimate of drug-likeness (QED) is 0.699. The Bertz CT molecular complexity index is 538. The van der Waals surface area contributed by atoms with Crippen molar-refractivity contribution in [3.05, 3.63) is 24.3 Å². The van der Waals surface area contributed by atoms with Crippen molar-refractivity contribution in [2.75, 3.05) is 18.4 Å². The molecular weight excluding hydrogens is 278 g/mol. The van der Waals surface area contributed by atoms with E-state index in [1.54, 1.807) is 19.1 Å². The Morgan fingerprint density at radius 2 is 1.80 bits per heavy atom. The van der Waals surface area contributed by atoms with Crippen LogP contribution in [0.15, 0.2) is 29.2 Å². The number of sulfonamides is 1. The van der Waals surface area contributed by atoms with Crippen LogP contribution in [0.3, 0.4) is 0 Å². The summed E-state index contributed by atoms with van der Waals surface area (Å²) in [4.78, 5) is 11.7. The summed E-state index contributed by atoms with van der Waals surface area (Å²) in [5.41, 5.74) is 0.694. The molecule has 1 aromatic carbocycles. The van der Waals surface area contributed by atoms with E-state index in [4.69, 9.17) is 0 Å². The maximum atomic E-state index is 11.7. The molecule has 0 fully saturated rings. The molecule has 0 unspecified atom stereocenters. The molecule has 7 heteroatoms. The van der Waals surface area contributed by atoms with Crippen LogP contribution in [0.2, 0.25) is 0 Å². The summed E-state index contributed by atoms with van der Waals surface area (Å²) in [6.45, 7) is 5.99. The van der Waals surface area contributed by atoms with Crippen LogP contribution in [-0.2, 0) is 14.8 Å². The molecule has 6 nitrogen and oxygen atoms in total. The van der Waals surface area contributed by atoms with Gasteiger partial charge in [-0.3, -0.25) is 4.79 Å². The Morgan fingerprint density at radius 1 is 1.20 bits per heavy atom. The van der Waals surface area contributed by atoms with E-state index in [-0.39, 0.29) is 23.4 Å². The normalized spacial score (nSPS) is 11.4. The van der Waals surface area contributed by atoms with Gasteiger partial charge in [0.25, 0.3) is 0 Å². The second-order valence-corrected chi connectivity index (χ2v) is 6.37. The summed E-state index contributed by atoms with van der Waals surface area (Å²) in [6.07, 6.45) is 0. The zero-order chi connectivity index (χ0) is 15.2. The molecule has 0 saturated heterocycles. The third kappa shape index (κ3) is 5.18. The van der Waals surface area contributed by atoms with Gasteiger partial charge in [0, 0.05) is 18.3 Å². The summed E-state index contributed by atoms with van der Waals surface area (Å²) in [5.74, 6) is -0.107. The Morgan fingerprint density at radius 3 is 2.30 bits per heavy atom. The molecule has 0 saturated carbocycles. The number of amides is 1. The van der Waals surface area contributed by atoms with Crippen LogP contribution >= 0.6 is 0 Å². The van der Waals surface area contributed by atoms with Crippen LogP contribution in [0.25, 0.3) is 0 Å². The maximum Gasteiger partial charge on any atom is 0.240 e. The standard InChI is InChI=1S/C13H21N3O3S/c1-4-15-20(18,19)12-7-5-11(6-8-12)14-9-13(17)16-10(2)3/h5-8,10,14-15H,4,9H2,1-3H3,(H,16,17). The van der Waals surface area contributed by atoms with Crippen LogP contribution in [0.5, 0.6) is 0 Å². The van der Waals surface area contributed by atoms with Crippen molar-refractivity contribution in [1.82, 2.24) is 10.0 Å². The average molecular weight is 299 g/mol. The molecule has 1 amide bonds. The third-order valence-corrected chi connectivity index (χ3v) is 3.96. The highest BCUT2D eigenvalue weighted by Gasteiger charge is 2.11. The summed E-state index contributed by atoms with van der Waals surface area (Å²) >= 11 is 0. The fourth-order valence-corrected chi connectivity index (χ4v) is 2.62. The van der Waals surface area contributed by atoms with Gasteiger partial charge in [0.05, 0.1) is 11.4 Å². The van der Waals surface area contributed by atoms with E-state index in [1.807, 2.05) is 13.8 Å². The summed E-state index contributed by atoms with van der Waals surface area (Å²) in [6, 6.07) is 6.36. The fourth-order valence-electron chi connectivity index (χ4n) is 1.58. The molecule has 0 aliphatic rings. The molecule has 0 aromatic heterocycles. The van der Waals surface area contributed by atoms with Crippen molar-refractivity contribution >= 4 is 21.6 Å². The average Bonchev–Trinajstić information content (AvgIpc) is 2.36. The molecule has 1 rings (SSSR count). The first-order valence-corrected chi connectivity index (χ1v) is 7.96. The van der Waals surface area contributed by atoms with Crippen LogP contribution in [-0.4, -0.2) is 33.5 Å². The van der Waals surface area contributed by atoms with Gasteiger partial charge in [0.1, 0.15) is 0 Å². The van der Waals surface area contributed by atoms with E-state index in [0.717, 1.165) is 0 Å². The van der Waals surface area contributed by atoms with E-state index in [9.17, 15) is 13.2 Å². The smallest absolute Gasteiger partial charge is 0.240 e. The molecule has 0 spiro atoms. The molecule has 0 bridgehead atoms. The van der Waals surface area contributed by atoms with Crippen molar-refractivity contribution < 1.29 is 13.2 Å². The van der Waals surface area contributed by atoms with Crippen molar-refractivity contribution in [2.24, 2.45) is 0 Å². The number of nitrogens with one attached hydrogen (secondary N) is 3. The minimum atomic E-state index is -3.43. The zero-order valence-electron chi connectivity index (χ0n) is 11.9. The van der Waals surface area contributed by atoms with Crippen molar-refractivity contribution in [1.29, 1.82) is 0 Å². The summed E-state index contributed by atoms with van der Waals surface area (Å²) < 4.78 is 25.9. The predicted octanol–water partition coefficient (Wildman–Crippen LogP) is 0.921. The number of rotatable bonds is 7. The molecule has 0 radical (unpaired) electrons. The molecule has 3 N–H and O–H groups in total. The lowest BCUT2D eigenvalue weighted by Gasteiger charge is -2.10. The number of hydrogen-bond acceptors (Lipinski definition) is 4. The fraction of sp³-hybridized carbons (Fsp3) is 0.462. The lowest BCUT2D eigenvalue weighted by atomic mass is 10.3. The highest BCUT2D eigenvalue weighted by molar-refractivity contribution is 7.89. The maximum absolute atomic E-state index is 11.7. The first-order valence-electron chi connectivity index (χ1n) is 6.48. The molecule has 0 aliphatic heterocycles. The van der Waals surface area contributed by atoms with E-state index < -0.39 is 10.0 Å². The van der Waals surface area contributed by atoms with Gasteiger partial charge >= 0.3 is 0 Å². The van der Waals surface area contributed by atoms with Gasteiger partial charge in [-0.15, -0.1) is 0 Å². The van der Waals surface area contributed by atoms with Crippen LogP contribution in [0, 0.1) is 0 Å². The molecule has 0 atom stereocenters. The highest BCUT2D eigenvalue weighted by atomic mass is 32.2.